The molecule has 0 unspecified atom stereocenters. The van der Waals surface area contributed by atoms with Gasteiger partial charge in [0.05, 0.1) is 29.9 Å². The number of nitrogens with zero attached hydrogens (tertiary/aromatic N) is 3. The van der Waals surface area contributed by atoms with Crippen molar-refractivity contribution >= 4 is 16.8 Å². The summed E-state index contributed by atoms with van der Waals surface area (Å²) in [6, 6.07) is 16.4. The van der Waals surface area contributed by atoms with E-state index in [1.165, 1.54) is 6.20 Å². The molecule has 0 radical (unpaired) electrons. The van der Waals surface area contributed by atoms with Crippen molar-refractivity contribution in [2.24, 2.45) is 0 Å². The number of hydrogen-bond acceptors (Lipinski definition) is 4. The van der Waals surface area contributed by atoms with E-state index in [1.807, 2.05) is 18.2 Å². The number of nitrogens with one attached hydrogen (secondary N) is 1. The summed E-state index contributed by atoms with van der Waals surface area (Å²) >= 11 is 0. The molecule has 1 N–H and O–H groups in total. The summed E-state index contributed by atoms with van der Waals surface area (Å²) in [6.45, 7) is 0.748. The lowest BCUT2D eigenvalue weighted by Gasteiger charge is -2.09. The van der Waals surface area contributed by atoms with Gasteiger partial charge in [-0.15, -0.1) is 0 Å². The number of aryl methyl sites for hydroxylation is 1. The van der Waals surface area contributed by atoms with Crippen LogP contribution in [0, 0.1) is 11.3 Å². The standard InChI is InChI=1S/C19H16N4O2/c20-11-14-4-3-5-15(10-14)12-21-19(25)8-9-23-17-7-2-1-6-16(17)18(24)13-22-23/h1-7,10,13H,8-9,12H2,(H,21,25). The Morgan fingerprint density at radius 2 is 2.04 bits per heavy atom. The topological polar surface area (TPSA) is 87.8 Å². The fourth-order valence-corrected chi connectivity index (χ4v) is 2.59. The molecule has 0 aliphatic rings. The van der Waals surface area contributed by atoms with E-state index in [0.29, 0.717) is 29.6 Å². The van der Waals surface area contributed by atoms with Crippen molar-refractivity contribution in [2.45, 2.75) is 19.5 Å². The van der Waals surface area contributed by atoms with Crippen LogP contribution >= 0.6 is 0 Å². The van der Waals surface area contributed by atoms with Crippen LogP contribution in [0.25, 0.3) is 10.9 Å². The fourth-order valence-electron chi connectivity index (χ4n) is 2.59. The molecule has 1 amide bonds. The number of amides is 1. The first-order valence-electron chi connectivity index (χ1n) is 7.88. The summed E-state index contributed by atoms with van der Waals surface area (Å²) in [5, 5.41) is 16.4. The Labute approximate surface area is 144 Å². The molecule has 0 bridgehead atoms. The molecule has 3 rings (SSSR count). The van der Waals surface area contributed by atoms with Gasteiger partial charge in [0.25, 0.3) is 0 Å². The van der Waals surface area contributed by atoms with E-state index in [2.05, 4.69) is 16.5 Å². The normalized spacial score (nSPS) is 10.4. The largest absolute Gasteiger partial charge is 0.352 e. The van der Waals surface area contributed by atoms with Gasteiger partial charge < -0.3 is 5.32 Å². The number of nitriles is 1. The maximum atomic E-state index is 12.1. The van der Waals surface area contributed by atoms with E-state index in [-0.39, 0.29) is 17.8 Å². The first kappa shape index (κ1) is 16.4. The molecule has 0 saturated heterocycles. The third-order valence-corrected chi connectivity index (χ3v) is 3.86. The second-order valence-corrected chi connectivity index (χ2v) is 5.59. The highest BCUT2D eigenvalue weighted by Crippen LogP contribution is 2.08. The van der Waals surface area contributed by atoms with E-state index in [0.717, 1.165) is 5.56 Å². The SMILES string of the molecule is N#Cc1cccc(CNC(=O)CCn2ncc(=O)c3ccccc32)c1. The highest BCUT2D eigenvalue weighted by atomic mass is 16.1. The maximum absolute atomic E-state index is 12.1. The van der Waals surface area contributed by atoms with Gasteiger partial charge in [0, 0.05) is 18.4 Å². The lowest BCUT2D eigenvalue weighted by Crippen LogP contribution is -2.24. The van der Waals surface area contributed by atoms with E-state index in [4.69, 9.17) is 5.26 Å². The average Bonchev–Trinajstić information content (AvgIpc) is 2.66. The summed E-state index contributed by atoms with van der Waals surface area (Å²) < 4.78 is 1.66. The number of benzene rings is 2. The van der Waals surface area contributed by atoms with Crippen LogP contribution < -0.4 is 10.7 Å². The van der Waals surface area contributed by atoms with Crippen molar-refractivity contribution < 1.29 is 4.79 Å². The molecule has 1 aromatic heterocycles. The van der Waals surface area contributed by atoms with Gasteiger partial charge in [-0.3, -0.25) is 14.3 Å². The van der Waals surface area contributed by atoms with Crippen molar-refractivity contribution in [1.82, 2.24) is 15.1 Å². The van der Waals surface area contributed by atoms with Gasteiger partial charge in [-0.2, -0.15) is 10.4 Å². The Morgan fingerprint density at radius 3 is 2.88 bits per heavy atom. The molecule has 25 heavy (non-hydrogen) atoms. The van der Waals surface area contributed by atoms with Crippen molar-refractivity contribution in [3.05, 3.63) is 76.1 Å². The van der Waals surface area contributed by atoms with Crippen molar-refractivity contribution in [1.29, 1.82) is 5.26 Å². The van der Waals surface area contributed by atoms with E-state index in [9.17, 15) is 9.59 Å². The molecule has 6 nitrogen and oxygen atoms in total. The van der Waals surface area contributed by atoms with Crippen molar-refractivity contribution in [2.75, 3.05) is 0 Å². The molecular formula is C19H16N4O2. The third-order valence-electron chi connectivity index (χ3n) is 3.86. The average molecular weight is 332 g/mol. The second kappa shape index (κ2) is 7.41. The Hall–Kier alpha value is -3.46. The molecule has 0 saturated carbocycles. The minimum atomic E-state index is -0.131. The van der Waals surface area contributed by atoms with Gasteiger partial charge in [0.2, 0.25) is 11.3 Å². The first-order valence-corrected chi connectivity index (χ1v) is 7.88. The summed E-state index contributed by atoms with van der Waals surface area (Å²) in [6.07, 6.45) is 1.52. The lowest BCUT2D eigenvalue weighted by atomic mass is 10.1. The van der Waals surface area contributed by atoms with Gasteiger partial charge in [-0.1, -0.05) is 24.3 Å². The Morgan fingerprint density at radius 1 is 1.20 bits per heavy atom. The van der Waals surface area contributed by atoms with Crippen LogP contribution in [0.1, 0.15) is 17.5 Å². The van der Waals surface area contributed by atoms with Crippen LogP contribution in [0.3, 0.4) is 0 Å². The molecular weight excluding hydrogens is 316 g/mol. The molecule has 0 fully saturated rings. The zero-order valence-corrected chi connectivity index (χ0v) is 13.5. The van der Waals surface area contributed by atoms with Crippen LogP contribution in [0.2, 0.25) is 0 Å². The molecule has 0 aliphatic carbocycles. The summed E-state index contributed by atoms with van der Waals surface area (Å²) in [5.41, 5.74) is 2.02. The predicted molar refractivity (Wildman–Crippen MR) is 93.6 cm³/mol. The molecule has 0 aliphatic heterocycles. The van der Waals surface area contributed by atoms with E-state index < -0.39 is 0 Å². The number of fused-ring (bicyclic) bond motifs is 1. The number of carbonyl (C=O) groups excluding carboxylic acids is 1. The zero-order chi connectivity index (χ0) is 17.6. The Kier molecular flexibility index (Phi) is 4.86. The third kappa shape index (κ3) is 3.90. The summed E-state index contributed by atoms with van der Waals surface area (Å²) in [4.78, 5) is 23.9. The second-order valence-electron chi connectivity index (χ2n) is 5.59. The number of aromatic nitrogens is 2. The highest BCUT2D eigenvalue weighted by Gasteiger charge is 2.06. The molecule has 0 spiro atoms. The van der Waals surface area contributed by atoms with Crippen LogP contribution in [-0.2, 0) is 17.9 Å². The minimum absolute atomic E-state index is 0.119. The van der Waals surface area contributed by atoms with Crippen LogP contribution in [0.5, 0.6) is 0 Å². The van der Waals surface area contributed by atoms with Crippen molar-refractivity contribution in [3.8, 4) is 6.07 Å². The number of para-hydroxylation sites is 1. The van der Waals surface area contributed by atoms with E-state index >= 15 is 0 Å². The number of rotatable bonds is 5. The minimum Gasteiger partial charge on any atom is -0.352 e. The Bertz CT molecular complexity index is 1020. The zero-order valence-electron chi connectivity index (χ0n) is 13.5. The summed E-state index contributed by atoms with van der Waals surface area (Å²) in [7, 11) is 0. The van der Waals surface area contributed by atoms with Gasteiger partial charge in [0.15, 0.2) is 0 Å². The lowest BCUT2D eigenvalue weighted by molar-refractivity contribution is -0.121. The fraction of sp³-hybridized carbons (Fsp3) is 0.158. The van der Waals surface area contributed by atoms with Gasteiger partial charge in [0.1, 0.15) is 0 Å². The van der Waals surface area contributed by atoms with Crippen LogP contribution in [0.4, 0.5) is 0 Å². The van der Waals surface area contributed by atoms with Gasteiger partial charge >= 0.3 is 0 Å². The number of carbonyl (C=O) groups is 1. The predicted octanol–water partition coefficient (Wildman–Crippen LogP) is 1.97. The van der Waals surface area contributed by atoms with Gasteiger partial charge in [-0.25, -0.2) is 0 Å². The Balaban J connectivity index is 1.62. The number of hydrogen-bond donors (Lipinski definition) is 1. The highest BCUT2D eigenvalue weighted by molar-refractivity contribution is 5.79. The van der Waals surface area contributed by atoms with E-state index in [1.54, 1.807) is 35.0 Å². The summed E-state index contributed by atoms with van der Waals surface area (Å²) in [5.74, 6) is -0.119. The quantitative estimate of drug-likeness (QED) is 0.774. The van der Waals surface area contributed by atoms with Gasteiger partial charge in [-0.05, 0) is 29.8 Å². The first-order chi connectivity index (χ1) is 12.2. The molecule has 2 aromatic carbocycles. The molecule has 1 heterocycles. The molecule has 0 atom stereocenters. The monoisotopic (exact) mass is 332 g/mol. The molecule has 124 valence electrons. The molecule has 6 heteroatoms. The molecule has 3 aromatic rings. The maximum Gasteiger partial charge on any atom is 0.222 e. The smallest absolute Gasteiger partial charge is 0.222 e. The van der Waals surface area contributed by atoms with Crippen molar-refractivity contribution in [3.63, 3.8) is 0 Å². The van der Waals surface area contributed by atoms with Crippen LogP contribution in [0.15, 0.2) is 59.5 Å². The van der Waals surface area contributed by atoms with Crippen LogP contribution in [-0.4, -0.2) is 15.7 Å².